The Kier molecular flexibility index (Phi) is 4.31. The zero-order chi connectivity index (χ0) is 22.2. The van der Waals surface area contributed by atoms with Gasteiger partial charge < -0.3 is 25.0 Å². The number of nitrogens with zero attached hydrogens (tertiary/aromatic N) is 2. The van der Waals surface area contributed by atoms with Gasteiger partial charge in [0, 0.05) is 37.2 Å². The minimum absolute atomic E-state index is 0.0308. The molecule has 2 heterocycles. The molecule has 0 bridgehead atoms. The van der Waals surface area contributed by atoms with Crippen molar-refractivity contribution >= 4 is 22.6 Å². The highest BCUT2D eigenvalue weighted by molar-refractivity contribution is 5.97. The molecule has 7 nitrogen and oxygen atoms in total. The zero-order valence-electron chi connectivity index (χ0n) is 16.8. The third kappa shape index (κ3) is 2.99. The standard InChI is InChI=1S/C21H22F3N3O4/c1-31-19-16-9(18(28)10(20(29)30)6-27(16)15-5-12(15)22)4-13(23)17(19)26-7-11(14(24)8-26)21(25)2-3-21/h4,6,11-12,14-15H,2-3,5,7-8,25H2,1H3,(H,29,30)/t11?,12-,14?,15-/m1/s1. The molecular weight excluding hydrogens is 415 g/mol. The van der Waals surface area contributed by atoms with Crippen molar-refractivity contribution in [1.29, 1.82) is 0 Å². The molecule has 2 saturated carbocycles. The van der Waals surface area contributed by atoms with E-state index in [0.717, 1.165) is 12.3 Å². The van der Waals surface area contributed by atoms with E-state index in [1.165, 1.54) is 16.6 Å². The Bertz CT molecular complexity index is 1160. The number of aromatic carboxylic acids is 1. The highest BCUT2D eigenvalue weighted by Gasteiger charge is 2.53. The Morgan fingerprint density at radius 2 is 1.97 bits per heavy atom. The van der Waals surface area contributed by atoms with Crippen LogP contribution >= 0.6 is 0 Å². The van der Waals surface area contributed by atoms with Crippen LogP contribution in [0.4, 0.5) is 18.9 Å². The molecule has 0 amide bonds. The van der Waals surface area contributed by atoms with E-state index in [9.17, 15) is 23.5 Å². The number of benzene rings is 1. The Hall–Kier alpha value is -2.75. The fourth-order valence-electron chi connectivity index (χ4n) is 4.79. The van der Waals surface area contributed by atoms with Crippen molar-refractivity contribution in [2.45, 2.75) is 43.2 Å². The van der Waals surface area contributed by atoms with Crippen LogP contribution in [0.5, 0.6) is 5.75 Å². The molecule has 1 aliphatic heterocycles. The molecule has 4 atom stereocenters. The number of hydrogen-bond donors (Lipinski definition) is 2. The maximum atomic E-state index is 15.3. The Morgan fingerprint density at radius 1 is 1.29 bits per heavy atom. The SMILES string of the molecule is COc1c(N2CC(F)C(C3(N)CC3)C2)c(F)cc2c(=O)c(C(=O)O)cn([C@@H]3C[C@H]3F)c12. The molecule has 10 heteroatoms. The van der Waals surface area contributed by atoms with Crippen LogP contribution in [-0.2, 0) is 0 Å². The zero-order valence-corrected chi connectivity index (χ0v) is 16.8. The van der Waals surface area contributed by atoms with Crippen molar-refractivity contribution < 1.29 is 27.8 Å². The van der Waals surface area contributed by atoms with Crippen molar-refractivity contribution in [3.05, 3.63) is 33.9 Å². The lowest BCUT2D eigenvalue weighted by atomic mass is 9.96. The van der Waals surface area contributed by atoms with E-state index in [0.29, 0.717) is 12.8 Å². The van der Waals surface area contributed by atoms with Gasteiger partial charge >= 0.3 is 5.97 Å². The molecule has 5 rings (SSSR count). The van der Waals surface area contributed by atoms with Crippen LogP contribution in [0, 0.1) is 11.7 Å². The van der Waals surface area contributed by atoms with Crippen LogP contribution in [0.2, 0.25) is 0 Å². The summed E-state index contributed by atoms with van der Waals surface area (Å²) in [6.45, 7) is 0.0953. The minimum Gasteiger partial charge on any atom is -0.492 e. The molecule has 3 N–H and O–H groups in total. The fourth-order valence-corrected chi connectivity index (χ4v) is 4.79. The van der Waals surface area contributed by atoms with E-state index < -0.39 is 52.6 Å². The predicted molar refractivity (Wildman–Crippen MR) is 107 cm³/mol. The summed E-state index contributed by atoms with van der Waals surface area (Å²) in [5.74, 6) is -2.82. The van der Waals surface area contributed by atoms with Crippen molar-refractivity contribution in [1.82, 2.24) is 4.57 Å². The second-order valence-electron chi connectivity index (χ2n) is 8.80. The molecule has 1 aromatic heterocycles. The molecule has 31 heavy (non-hydrogen) atoms. The molecule has 3 fully saturated rings. The largest absolute Gasteiger partial charge is 0.492 e. The number of fused-ring (bicyclic) bond motifs is 1. The van der Waals surface area contributed by atoms with Gasteiger partial charge in [-0.2, -0.15) is 0 Å². The minimum atomic E-state index is -1.49. The second kappa shape index (κ2) is 6.62. The smallest absolute Gasteiger partial charge is 0.341 e. The van der Waals surface area contributed by atoms with E-state index in [4.69, 9.17) is 10.5 Å². The van der Waals surface area contributed by atoms with E-state index >= 15 is 4.39 Å². The van der Waals surface area contributed by atoms with Crippen LogP contribution in [0.15, 0.2) is 17.1 Å². The van der Waals surface area contributed by atoms with Crippen LogP contribution in [0.1, 0.15) is 35.7 Å². The van der Waals surface area contributed by atoms with Crippen LogP contribution in [0.3, 0.4) is 0 Å². The first kappa shape index (κ1) is 20.2. The van der Waals surface area contributed by atoms with E-state index in [2.05, 4.69) is 0 Å². The number of nitrogens with two attached hydrogens (primary N) is 1. The summed E-state index contributed by atoms with van der Waals surface area (Å²) in [6, 6.07) is 0.247. The van der Waals surface area contributed by atoms with E-state index in [1.54, 1.807) is 0 Å². The van der Waals surface area contributed by atoms with Crippen molar-refractivity contribution in [2.75, 3.05) is 25.1 Å². The summed E-state index contributed by atoms with van der Waals surface area (Å²) >= 11 is 0. The number of ether oxygens (including phenoxy) is 1. The lowest BCUT2D eigenvalue weighted by molar-refractivity contribution is 0.0694. The highest BCUT2D eigenvalue weighted by Crippen LogP contribution is 2.49. The first-order valence-electron chi connectivity index (χ1n) is 10.2. The molecule has 3 aliphatic rings. The van der Waals surface area contributed by atoms with Gasteiger partial charge in [-0.3, -0.25) is 4.79 Å². The first-order valence-corrected chi connectivity index (χ1v) is 10.2. The van der Waals surface area contributed by atoms with Gasteiger partial charge in [0.15, 0.2) is 11.6 Å². The van der Waals surface area contributed by atoms with Gasteiger partial charge in [-0.25, -0.2) is 18.0 Å². The fraction of sp³-hybridized carbons (Fsp3) is 0.524. The third-order valence-corrected chi connectivity index (χ3v) is 6.80. The van der Waals surface area contributed by atoms with Crippen molar-refractivity contribution in [3.8, 4) is 5.75 Å². The third-order valence-electron chi connectivity index (χ3n) is 6.80. The summed E-state index contributed by atoms with van der Waals surface area (Å²) in [4.78, 5) is 25.8. The van der Waals surface area contributed by atoms with Gasteiger partial charge in [0.2, 0.25) is 5.43 Å². The monoisotopic (exact) mass is 437 g/mol. The number of aromatic nitrogens is 1. The van der Waals surface area contributed by atoms with Crippen molar-refractivity contribution in [2.24, 2.45) is 11.7 Å². The second-order valence-corrected chi connectivity index (χ2v) is 8.80. The molecule has 0 spiro atoms. The molecule has 2 unspecified atom stereocenters. The Morgan fingerprint density at radius 3 is 2.52 bits per heavy atom. The summed E-state index contributed by atoms with van der Waals surface area (Å²) in [7, 11) is 1.28. The number of hydrogen-bond acceptors (Lipinski definition) is 5. The molecular formula is C21H22F3N3O4. The van der Waals surface area contributed by atoms with Gasteiger partial charge in [-0.1, -0.05) is 0 Å². The highest BCUT2D eigenvalue weighted by atomic mass is 19.1. The molecule has 2 aromatic rings. The number of carboxylic acids is 1. The van der Waals surface area contributed by atoms with Gasteiger partial charge in [-0.15, -0.1) is 0 Å². The van der Waals surface area contributed by atoms with Gasteiger partial charge in [-0.05, 0) is 18.9 Å². The molecule has 166 valence electrons. The molecule has 2 aliphatic carbocycles. The number of halogens is 3. The number of carbonyl (C=O) groups is 1. The number of anilines is 1. The van der Waals surface area contributed by atoms with Crippen molar-refractivity contribution in [3.63, 3.8) is 0 Å². The summed E-state index contributed by atoms with van der Waals surface area (Å²) < 4.78 is 50.8. The van der Waals surface area contributed by atoms with Crippen LogP contribution in [0.25, 0.3) is 10.9 Å². The van der Waals surface area contributed by atoms with E-state index in [1.807, 2.05) is 0 Å². The average molecular weight is 437 g/mol. The summed E-state index contributed by atoms with van der Waals surface area (Å²) in [5, 5.41) is 9.17. The number of methoxy groups -OCH3 is 1. The lowest BCUT2D eigenvalue weighted by Crippen LogP contribution is -2.38. The normalized spacial score (nSPS) is 28.7. The number of pyridine rings is 1. The number of alkyl halides is 2. The Labute approximate surface area is 175 Å². The Balaban J connectivity index is 1.72. The average Bonchev–Trinajstić information content (AvgIpc) is 3.60. The molecule has 0 radical (unpaired) electrons. The topological polar surface area (TPSA) is 97.8 Å². The number of carboxylic acid groups (broad SMARTS) is 1. The molecule has 1 saturated heterocycles. The predicted octanol–water partition coefficient (Wildman–Crippen LogP) is 2.40. The summed E-state index contributed by atoms with van der Waals surface area (Å²) in [5.41, 5.74) is 4.21. The maximum absolute atomic E-state index is 15.3. The quantitative estimate of drug-likeness (QED) is 0.746. The van der Waals surface area contributed by atoms with Gasteiger partial charge in [0.05, 0.1) is 24.1 Å². The lowest BCUT2D eigenvalue weighted by Gasteiger charge is -2.25. The van der Waals surface area contributed by atoms with Crippen LogP contribution in [-0.4, -0.2) is 53.7 Å². The summed E-state index contributed by atoms with van der Waals surface area (Å²) in [6.07, 6.45) is 0.166. The molecule has 1 aromatic carbocycles. The van der Waals surface area contributed by atoms with E-state index in [-0.39, 0.29) is 41.9 Å². The van der Waals surface area contributed by atoms with Gasteiger partial charge in [0.25, 0.3) is 0 Å². The number of rotatable bonds is 5. The van der Waals surface area contributed by atoms with Crippen LogP contribution < -0.4 is 20.8 Å². The maximum Gasteiger partial charge on any atom is 0.341 e. The van der Waals surface area contributed by atoms with Gasteiger partial charge in [0.1, 0.15) is 23.6 Å². The first-order chi connectivity index (χ1) is 14.7.